The summed E-state index contributed by atoms with van der Waals surface area (Å²) in [4.78, 5) is 12.4. The van der Waals surface area contributed by atoms with Crippen LogP contribution in [-0.2, 0) is 0 Å². The second kappa shape index (κ2) is 7.57. The minimum atomic E-state index is -0.264. The van der Waals surface area contributed by atoms with Gasteiger partial charge in [0.2, 0.25) is 0 Å². The minimum Gasteiger partial charge on any atom is -0.493 e. The lowest BCUT2D eigenvalue weighted by Gasteiger charge is -2.16. The Morgan fingerprint density at radius 1 is 1.04 bits per heavy atom. The van der Waals surface area contributed by atoms with Gasteiger partial charge in [0.1, 0.15) is 0 Å². The highest BCUT2D eigenvalue weighted by Gasteiger charge is 2.16. The average molecular weight is 354 g/mol. The van der Waals surface area contributed by atoms with Gasteiger partial charge >= 0.3 is 0 Å². The van der Waals surface area contributed by atoms with Crippen LogP contribution in [0.1, 0.15) is 28.9 Å². The molecule has 2 aromatic rings. The van der Waals surface area contributed by atoms with Crippen molar-refractivity contribution in [2.45, 2.75) is 13.0 Å². The van der Waals surface area contributed by atoms with Gasteiger partial charge in [0.05, 0.1) is 20.3 Å². The molecular weight excluding hydrogens is 337 g/mol. The number of rotatable bonds is 5. The Hall–Kier alpha value is -1.91. The number of ether oxygens (including phenoxy) is 2. The molecule has 2 aromatic carbocycles. The van der Waals surface area contributed by atoms with Crippen molar-refractivity contribution in [3.8, 4) is 11.5 Å². The topological polar surface area (TPSA) is 47.6 Å². The molecule has 0 aromatic heterocycles. The molecular formula is C17H17Cl2NO3. The molecule has 23 heavy (non-hydrogen) atoms. The van der Waals surface area contributed by atoms with Crippen molar-refractivity contribution >= 4 is 29.1 Å². The number of hydrogen-bond donors (Lipinski definition) is 1. The van der Waals surface area contributed by atoms with E-state index in [1.165, 1.54) is 7.11 Å². The fraction of sp³-hybridized carbons (Fsp3) is 0.235. The predicted molar refractivity (Wildman–Crippen MR) is 91.9 cm³/mol. The van der Waals surface area contributed by atoms with Crippen LogP contribution in [0.25, 0.3) is 0 Å². The van der Waals surface area contributed by atoms with Crippen molar-refractivity contribution in [3.05, 3.63) is 57.6 Å². The number of nitrogens with one attached hydrogen (secondary N) is 1. The van der Waals surface area contributed by atoms with Crippen LogP contribution in [0, 0.1) is 0 Å². The van der Waals surface area contributed by atoms with E-state index in [2.05, 4.69) is 5.32 Å². The molecule has 0 saturated carbocycles. The molecule has 1 unspecified atom stereocenters. The Morgan fingerprint density at radius 3 is 2.35 bits per heavy atom. The molecule has 2 rings (SSSR count). The first-order chi connectivity index (χ1) is 11.0. The zero-order valence-corrected chi connectivity index (χ0v) is 14.5. The van der Waals surface area contributed by atoms with Crippen LogP contribution in [0.15, 0.2) is 36.4 Å². The normalized spacial score (nSPS) is 11.7. The Bertz CT molecular complexity index is 719. The Labute approximate surface area is 145 Å². The van der Waals surface area contributed by atoms with Crippen LogP contribution < -0.4 is 14.8 Å². The van der Waals surface area contributed by atoms with Gasteiger partial charge in [-0.2, -0.15) is 0 Å². The molecule has 1 atom stereocenters. The van der Waals surface area contributed by atoms with Gasteiger partial charge in [-0.15, -0.1) is 0 Å². The zero-order valence-electron chi connectivity index (χ0n) is 13.0. The summed E-state index contributed by atoms with van der Waals surface area (Å²) in [7, 11) is 3.07. The summed E-state index contributed by atoms with van der Waals surface area (Å²) < 4.78 is 10.4. The number of carbonyl (C=O) groups excluding carboxylic acids is 1. The number of methoxy groups -OCH3 is 2. The van der Waals surface area contributed by atoms with Gasteiger partial charge in [-0.25, -0.2) is 0 Å². The number of amides is 1. The van der Waals surface area contributed by atoms with Crippen molar-refractivity contribution in [2.75, 3.05) is 14.2 Å². The van der Waals surface area contributed by atoms with Crippen LogP contribution in [0.3, 0.4) is 0 Å². The molecule has 0 fully saturated rings. The van der Waals surface area contributed by atoms with E-state index in [4.69, 9.17) is 32.7 Å². The van der Waals surface area contributed by atoms with Gasteiger partial charge in [0, 0.05) is 15.6 Å². The number of hydrogen-bond acceptors (Lipinski definition) is 3. The number of benzene rings is 2. The van der Waals surface area contributed by atoms with E-state index in [0.717, 1.165) is 5.56 Å². The average Bonchev–Trinajstić information content (AvgIpc) is 2.53. The standard InChI is InChI=1S/C17H17Cl2NO3/c1-10(13-6-5-12(18)9-14(13)19)20-17(21)11-4-7-15(22-2)16(8-11)23-3/h4-10H,1-3H3,(H,20,21). The monoisotopic (exact) mass is 353 g/mol. The maximum absolute atomic E-state index is 12.4. The summed E-state index contributed by atoms with van der Waals surface area (Å²) in [5.74, 6) is 0.833. The van der Waals surface area contributed by atoms with Gasteiger partial charge in [-0.3, -0.25) is 4.79 Å². The first kappa shape index (κ1) is 17.4. The smallest absolute Gasteiger partial charge is 0.251 e. The molecule has 1 amide bonds. The van der Waals surface area contributed by atoms with Gasteiger partial charge < -0.3 is 14.8 Å². The van der Waals surface area contributed by atoms with Crippen molar-refractivity contribution < 1.29 is 14.3 Å². The second-order valence-corrected chi connectivity index (χ2v) is 5.77. The van der Waals surface area contributed by atoms with Crippen LogP contribution in [-0.4, -0.2) is 20.1 Å². The maximum atomic E-state index is 12.4. The highest BCUT2D eigenvalue weighted by molar-refractivity contribution is 6.35. The summed E-state index contributed by atoms with van der Waals surface area (Å²) in [5.41, 5.74) is 1.27. The molecule has 1 N–H and O–H groups in total. The number of halogens is 2. The van der Waals surface area contributed by atoms with Crippen LogP contribution in [0.2, 0.25) is 10.0 Å². The van der Waals surface area contributed by atoms with Crippen molar-refractivity contribution in [3.63, 3.8) is 0 Å². The first-order valence-electron chi connectivity index (χ1n) is 6.94. The van der Waals surface area contributed by atoms with Crippen LogP contribution in [0.5, 0.6) is 11.5 Å². The highest BCUT2D eigenvalue weighted by atomic mass is 35.5. The third-order valence-corrected chi connectivity index (χ3v) is 3.98. The van der Waals surface area contributed by atoms with Crippen molar-refractivity contribution in [2.24, 2.45) is 0 Å². The van der Waals surface area contributed by atoms with E-state index in [0.29, 0.717) is 27.1 Å². The first-order valence-corrected chi connectivity index (χ1v) is 7.69. The molecule has 4 nitrogen and oxygen atoms in total. The number of carbonyl (C=O) groups is 1. The third-order valence-electron chi connectivity index (χ3n) is 3.42. The fourth-order valence-electron chi connectivity index (χ4n) is 2.19. The lowest BCUT2D eigenvalue weighted by atomic mass is 10.1. The molecule has 0 aliphatic carbocycles. The molecule has 0 aliphatic rings. The lowest BCUT2D eigenvalue weighted by molar-refractivity contribution is 0.0939. The van der Waals surface area contributed by atoms with E-state index < -0.39 is 0 Å². The third kappa shape index (κ3) is 4.09. The second-order valence-electron chi connectivity index (χ2n) is 4.93. The zero-order chi connectivity index (χ0) is 17.0. The fourth-order valence-corrected chi connectivity index (χ4v) is 2.76. The van der Waals surface area contributed by atoms with Gasteiger partial charge in [0.15, 0.2) is 11.5 Å². The molecule has 0 radical (unpaired) electrons. The largest absolute Gasteiger partial charge is 0.493 e. The summed E-state index contributed by atoms with van der Waals surface area (Å²) in [6, 6.07) is 9.91. The lowest BCUT2D eigenvalue weighted by Crippen LogP contribution is -2.26. The summed E-state index contributed by atoms with van der Waals surface area (Å²) in [5, 5.41) is 3.96. The molecule has 6 heteroatoms. The Kier molecular flexibility index (Phi) is 5.74. The van der Waals surface area contributed by atoms with Gasteiger partial charge in [0.25, 0.3) is 5.91 Å². The molecule has 0 heterocycles. The summed E-state index contributed by atoms with van der Waals surface area (Å²) in [6.07, 6.45) is 0. The summed E-state index contributed by atoms with van der Waals surface area (Å²) in [6.45, 7) is 1.85. The van der Waals surface area contributed by atoms with E-state index in [1.807, 2.05) is 6.92 Å². The van der Waals surface area contributed by atoms with Crippen molar-refractivity contribution in [1.29, 1.82) is 0 Å². The Balaban J connectivity index is 2.18. The Morgan fingerprint density at radius 2 is 1.74 bits per heavy atom. The van der Waals surface area contributed by atoms with E-state index in [-0.39, 0.29) is 11.9 Å². The highest BCUT2D eigenvalue weighted by Crippen LogP contribution is 2.29. The van der Waals surface area contributed by atoms with Gasteiger partial charge in [-0.1, -0.05) is 29.3 Å². The molecule has 0 bridgehead atoms. The van der Waals surface area contributed by atoms with E-state index in [9.17, 15) is 4.79 Å². The minimum absolute atomic E-state index is 0.232. The van der Waals surface area contributed by atoms with Crippen molar-refractivity contribution in [1.82, 2.24) is 5.32 Å². The predicted octanol–water partition coefficient (Wildman–Crippen LogP) is 4.50. The van der Waals surface area contributed by atoms with E-state index >= 15 is 0 Å². The van der Waals surface area contributed by atoms with Gasteiger partial charge in [-0.05, 0) is 42.8 Å². The maximum Gasteiger partial charge on any atom is 0.251 e. The molecule has 0 spiro atoms. The molecule has 122 valence electrons. The quantitative estimate of drug-likeness (QED) is 0.860. The summed E-state index contributed by atoms with van der Waals surface area (Å²) >= 11 is 12.1. The molecule has 0 aliphatic heterocycles. The van der Waals surface area contributed by atoms with Crippen LogP contribution >= 0.6 is 23.2 Å². The molecule has 0 saturated heterocycles. The van der Waals surface area contributed by atoms with Crippen LogP contribution in [0.4, 0.5) is 0 Å². The van der Waals surface area contributed by atoms with E-state index in [1.54, 1.807) is 43.5 Å². The SMILES string of the molecule is COc1ccc(C(=O)NC(C)c2ccc(Cl)cc2Cl)cc1OC.